The van der Waals surface area contributed by atoms with E-state index in [9.17, 15) is 8.42 Å². The van der Waals surface area contributed by atoms with Crippen molar-refractivity contribution >= 4 is 10.0 Å². The maximum absolute atomic E-state index is 13.3. The number of methoxy groups -OCH3 is 2. The van der Waals surface area contributed by atoms with E-state index in [1.807, 2.05) is 6.07 Å². The summed E-state index contributed by atoms with van der Waals surface area (Å²) in [5, 5.41) is 4.11. The predicted octanol–water partition coefficient (Wildman–Crippen LogP) is 3.17. The van der Waals surface area contributed by atoms with E-state index in [1.54, 1.807) is 12.1 Å². The summed E-state index contributed by atoms with van der Waals surface area (Å²) in [7, 11) is -0.811. The third-order valence-electron chi connectivity index (χ3n) is 4.58. The van der Waals surface area contributed by atoms with Gasteiger partial charge in [-0.25, -0.2) is 8.42 Å². The SMILES string of the molecule is CCCc1cc(C2CCCN2S(=O)(=O)c2cc(OC)ccc2OC)no1. The molecule has 7 nitrogen and oxygen atoms in total. The Morgan fingerprint density at radius 1 is 1.27 bits per heavy atom. The van der Waals surface area contributed by atoms with Crippen LogP contribution < -0.4 is 9.47 Å². The molecule has 1 unspecified atom stereocenters. The van der Waals surface area contributed by atoms with Crippen LogP contribution in [0.4, 0.5) is 0 Å². The van der Waals surface area contributed by atoms with Crippen LogP contribution in [-0.2, 0) is 16.4 Å². The summed E-state index contributed by atoms with van der Waals surface area (Å²) < 4.78 is 44.0. The van der Waals surface area contributed by atoms with Crippen molar-refractivity contribution in [2.24, 2.45) is 0 Å². The quantitative estimate of drug-likeness (QED) is 0.734. The van der Waals surface area contributed by atoms with E-state index in [2.05, 4.69) is 12.1 Å². The molecule has 0 saturated carbocycles. The van der Waals surface area contributed by atoms with Gasteiger partial charge in [0.15, 0.2) is 0 Å². The molecule has 1 aliphatic heterocycles. The lowest BCUT2D eigenvalue weighted by Gasteiger charge is -2.23. The number of sulfonamides is 1. The van der Waals surface area contributed by atoms with E-state index in [-0.39, 0.29) is 10.9 Å². The summed E-state index contributed by atoms with van der Waals surface area (Å²) in [4.78, 5) is 0.100. The van der Waals surface area contributed by atoms with Crippen molar-refractivity contribution in [1.29, 1.82) is 0 Å². The average molecular weight is 380 g/mol. The van der Waals surface area contributed by atoms with Crippen LogP contribution in [0.5, 0.6) is 11.5 Å². The highest BCUT2D eigenvalue weighted by atomic mass is 32.2. The molecule has 0 N–H and O–H groups in total. The van der Waals surface area contributed by atoms with Crippen LogP contribution in [0.1, 0.15) is 43.7 Å². The summed E-state index contributed by atoms with van der Waals surface area (Å²) >= 11 is 0. The van der Waals surface area contributed by atoms with Gasteiger partial charge in [-0.1, -0.05) is 12.1 Å². The summed E-state index contributed by atoms with van der Waals surface area (Å²) in [6.45, 7) is 2.49. The minimum atomic E-state index is -3.77. The molecule has 1 aliphatic rings. The zero-order valence-electron chi connectivity index (χ0n) is 15.3. The van der Waals surface area contributed by atoms with Crippen LogP contribution in [0.2, 0.25) is 0 Å². The van der Waals surface area contributed by atoms with Gasteiger partial charge in [-0.3, -0.25) is 0 Å². The van der Waals surface area contributed by atoms with Gasteiger partial charge in [-0.2, -0.15) is 4.31 Å². The van der Waals surface area contributed by atoms with Crippen molar-refractivity contribution in [1.82, 2.24) is 9.46 Å². The molecular formula is C18H24N2O5S. The molecule has 0 aliphatic carbocycles. The molecule has 0 bridgehead atoms. The lowest BCUT2D eigenvalue weighted by molar-refractivity contribution is 0.341. The largest absolute Gasteiger partial charge is 0.497 e. The average Bonchev–Trinajstić information content (AvgIpc) is 3.30. The molecular weight excluding hydrogens is 356 g/mol. The van der Waals surface area contributed by atoms with Crippen LogP contribution in [-0.4, -0.2) is 38.6 Å². The number of benzene rings is 1. The van der Waals surface area contributed by atoms with Gasteiger partial charge in [0.05, 0.1) is 20.3 Å². The Bertz CT molecular complexity index is 862. The van der Waals surface area contributed by atoms with Gasteiger partial charge >= 0.3 is 0 Å². The third-order valence-corrected chi connectivity index (χ3v) is 6.51. The molecule has 2 heterocycles. The number of aryl methyl sites for hydroxylation is 1. The molecule has 0 radical (unpaired) electrons. The summed E-state index contributed by atoms with van der Waals surface area (Å²) in [6.07, 6.45) is 3.22. The highest BCUT2D eigenvalue weighted by molar-refractivity contribution is 7.89. The van der Waals surface area contributed by atoms with Crippen molar-refractivity contribution < 1.29 is 22.4 Å². The van der Waals surface area contributed by atoms with Crippen molar-refractivity contribution in [3.8, 4) is 11.5 Å². The Balaban J connectivity index is 1.97. The van der Waals surface area contributed by atoms with Gasteiger partial charge in [0.2, 0.25) is 10.0 Å². The number of ether oxygens (including phenoxy) is 2. The number of hydrogen-bond donors (Lipinski definition) is 0. The van der Waals surface area contributed by atoms with Crippen molar-refractivity contribution in [3.05, 3.63) is 35.7 Å². The number of rotatable bonds is 7. The second-order valence-corrected chi connectivity index (χ2v) is 8.12. The molecule has 1 atom stereocenters. The predicted molar refractivity (Wildman–Crippen MR) is 95.9 cm³/mol. The fourth-order valence-electron chi connectivity index (χ4n) is 3.29. The molecule has 1 aromatic carbocycles. The van der Waals surface area contributed by atoms with Crippen molar-refractivity contribution in [3.63, 3.8) is 0 Å². The molecule has 3 rings (SSSR count). The number of hydrogen-bond acceptors (Lipinski definition) is 6. The molecule has 0 spiro atoms. The Morgan fingerprint density at radius 2 is 2.08 bits per heavy atom. The minimum absolute atomic E-state index is 0.100. The second-order valence-electron chi connectivity index (χ2n) is 6.26. The van der Waals surface area contributed by atoms with Crippen LogP contribution in [0.25, 0.3) is 0 Å². The lowest BCUT2D eigenvalue weighted by atomic mass is 10.1. The van der Waals surface area contributed by atoms with Crippen LogP contribution in [0, 0.1) is 0 Å². The monoisotopic (exact) mass is 380 g/mol. The Labute approximate surface area is 153 Å². The Morgan fingerprint density at radius 3 is 2.77 bits per heavy atom. The van der Waals surface area contributed by atoms with Gasteiger partial charge in [0, 0.05) is 25.1 Å². The maximum atomic E-state index is 13.3. The molecule has 1 saturated heterocycles. The summed E-state index contributed by atoms with van der Waals surface area (Å²) in [5.41, 5.74) is 0.663. The van der Waals surface area contributed by atoms with E-state index in [0.29, 0.717) is 30.2 Å². The Kier molecular flexibility index (Phi) is 5.52. The zero-order chi connectivity index (χ0) is 18.7. The minimum Gasteiger partial charge on any atom is -0.497 e. The molecule has 142 valence electrons. The first-order valence-electron chi connectivity index (χ1n) is 8.70. The van der Waals surface area contributed by atoms with Crippen molar-refractivity contribution in [2.75, 3.05) is 20.8 Å². The van der Waals surface area contributed by atoms with Crippen LogP contribution in [0.3, 0.4) is 0 Å². The van der Waals surface area contributed by atoms with Gasteiger partial charge in [0.1, 0.15) is 27.8 Å². The number of nitrogens with zero attached hydrogens (tertiary/aromatic N) is 2. The standard InChI is InChI=1S/C18H24N2O5S/c1-4-6-14-11-15(19-25-14)16-7-5-10-20(16)26(21,22)18-12-13(23-2)8-9-17(18)24-3/h8-9,11-12,16H,4-7,10H2,1-3H3. The van der Waals surface area contributed by atoms with Gasteiger partial charge in [-0.05, 0) is 31.4 Å². The van der Waals surface area contributed by atoms with E-state index in [4.69, 9.17) is 14.0 Å². The molecule has 26 heavy (non-hydrogen) atoms. The lowest BCUT2D eigenvalue weighted by Crippen LogP contribution is -2.31. The zero-order valence-corrected chi connectivity index (χ0v) is 16.1. The first kappa shape index (κ1) is 18.7. The van der Waals surface area contributed by atoms with E-state index >= 15 is 0 Å². The first-order valence-corrected chi connectivity index (χ1v) is 10.1. The van der Waals surface area contributed by atoms with E-state index in [1.165, 1.54) is 24.6 Å². The van der Waals surface area contributed by atoms with Crippen LogP contribution in [0.15, 0.2) is 33.7 Å². The summed E-state index contributed by atoms with van der Waals surface area (Å²) in [6, 6.07) is 6.31. The molecule has 2 aromatic rings. The van der Waals surface area contributed by atoms with Gasteiger partial charge < -0.3 is 14.0 Å². The van der Waals surface area contributed by atoms with Gasteiger partial charge in [-0.15, -0.1) is 0 Å². The molecule has 1 fully saturated rings. The Hall–Kier alpha value is -2.06. The second kappa shape index (κ2) is 7.67. The van der Waals surface area contributed by atoms with Crippen LogP contribution >= 0.6 is 0 Å². The fraction of sp³-hybridized carbons (Fsp3) is 0.500. The molecule has 0 amide bonds. The third kappa shape index (κ3) is 3.43. The van der Waals surface area contributed by atoms with Crippen molar-refractivity contribution in [2.45, 2.75) is 43.5 Å². The van der Waals surface area contributed by atoms with Gasteiger partial charge in [0.25, 0.3) is 0 Å². The molecule has 1 aromatic heterocycles. The fourth-order valence-corrected chi connectivity index (χ4v) is 5.13. The maximum Gasteiger partial charge on any atom is 0.247 e. The van der Waals surface area contributed by atoms with E-state index < -0.39 is 10.0 Å². The molecule has 8 heteroatoms. The smallest absolute Gasteiger partial charge is 0.247 e. The topological polar surface area (TPSA) is 81.9 Å². The highest BCUT2D eigenvalue weighted by Crippen LogP contribution is 2.39. The first-order chi connectivity index (χ1) is 12.5. The summed E-state index contributed by atoms with van der Waals surface area (Å²) in [5.74, 6) is 1.54. The highest BCUT2D eigenvalue weighted by Gasteiger charge is 2.39. The normalized spacial score (nSPS) is 18.2. The van der Waals surface area contributed by atoms with E-state index in [0.717, 1.165) is 25.0 Å². The number of aromatic nitrogens is 1.